The van der Waals surface area contributed by atoms with Crippen LogP contribution in [0.1, 0.15) is 40.3 Å². The van der Waals surface area contributed by atoms with Gasteiger partial charge in [0, 0.05) is 28.1 Å². The number of benzene rings is 2. The van der Waals surface area contributed by atoms with E-state index in [0.29, 0.717) is 28.3 Å². The van der Waals surface area contributed by atoms with E-state index in [1.165, 1.54) is 13.0 Å². The summed E-state index contributed by atoms with van der Waals surface area (Å²) in [5.74, 6) is -0.993. The van der Waals surface area contributed by atoms with Crippen LogP contribution in [0.2, 0.25) is 5.02 Å². The molecule has 0 saturated carbocycles. The second kappa shape index (κ2) is 8.37. The summed E-state index contributed by atoms with van der Waals surface area (Å²) in [6.07, 6.45) is -0.982. The Hall–Kier alpha value is -2.63. The van der Waals surface area contributed by atoms with Crippen molar-refractivity contribution in [2.75, 3.05) is 6.61 Å². The first-order valence-corrected chi connectivity index (χ1v) is 8.98. The predicted octanol–water partition coefficient (Wildman–Crippen LogP) is 5.05. The molecule has 0 aliphatic rings. The smallest absolute Gasteiger partial charge is 0.375 e. The number of Topliss-reactive ketones (excluding diaryl/α,β-unsaturated/α-hetero) is 1. The van der Waals surface area contributed by atoms with Gasteiger partial charge in [-0.2, -0.15) is 0 Å². The molecule has 0 fully saturated rings. The number of hydrogen-bond acceptors (Lipinski definition) is 5. The number of carbonyl (C=O) groups excluding carboxylic acids is 2. The number of para-hydroxylation sites is 1. The van der Waals surface area contributed by atoms with Crippen molar-refractivity contribution >= 4 is 34.3 Å². The molecule has 0 amide bonds. The highest BCUT2D eigenvalue weighted by Crippen LogP contribution is 2.27. The highest BCUT2D eigenvalue weighted by molar-refractivity contribution is 6.31. The van der Waals surface area contributed by atoms with Gasteiger partial charge < -0.3 is 13.9 Å². The number of ether oxygens (including phenoxy) is 2. The zero-order valence-electron chi connectivity index (χ0n) is 15.0. The Bertz CT molecular complexity index is 976. The maximum absolute atomic E-state index is 12.7. The van der Waals surface area contributed by atoms with Crippen LogP contribution in [0.5, 0.6) is 0 Å². The first-order valence-electron chi connectivity index (χ1n) is 8.60. The number of hydrogen-bond donors (Lipinski definition) is 0. The Balaban J connectivity index is 1.84. The lowest BCUT2D eigenvalue weighted by Gasteiger charge is -2.12. The minimum Gasteiger partial charge on any atom is -0.449 e. The van der Waals surface area contributed by atoms with Gasteiger partial charge in [-0.25, -0.2) is 4.79 Å². The summed E-state index contributed by atoms with van der Waals surface area (Å²) in [7, 11) is 0. The van der Waals surface area contributed by atoms with Crippen molar-refractivity contribution in [2.24, 2.45) is 0 Å². The molecule has 1 atom stereocenters. The van der Waals surface area contributed by atoms with E-state index in [2.05, 4.69) is 0 Å². The maximum atomic E-state index is 12.7. The van der Waals surface area contributed by atoms with E-state index in [1.54, 1.807) is 24.3 Å². The average Bonchev–Trinajstić information content (AvgIpc) is 3.04. The van der Waals surface area contributed by atoms with Crippen molar-refractivity contribution in [1.82, 2.24) is 0 Å². The molecule has 3 rings (SSSR count). The first-order chi connectivity index (χ1) is 13.0. The number of furan rings is 1. The summed E-state index contributed by atoms with van der Waals surface area (Å²) < 4.78 is 16.5. The molecule has 0 aliphatic heterocycles. The fraction of sp³-hybridized carbons (Fsp3) is 0.238. The molecule has 6 heteroatoms. The summed E-state index contributed by atoms with van der Waals surface area (Å²) in [5.41, 5.74) is 1.55. The Morgan fingerprint density at radius 3 is 2.67 bits per heavy atom. The lowest BCUT2D eigenvalue weighted by atomic mass is 10.1. The van der Waals surface area contributed by atoms with Gasteiger partial charge in [-0.3, -0.25) is 4.79 Å². The highest BCUT2D eigenvalue weighted by atomic mass is 35.5. The number of ketones is 1. The summed E-state index contributed by atoms with van der Waals surface area (Å²) in [6.45, 7) is 4.10. The Kier molecular flexibility index (Phi) is 5.94. The van der Waals surface area contributed by atoms with Crippen LogP contribution in [0, 0.1) is 0 Å². The third-order valence-electron chi connectivity index (χ3n) is 4.10. The van der Waals surface area contributed by atoms with E-state index < -0.39 is 12.1 Å². The molecule has 0 radical (unpaired) electrons. The van der Waals surface area contributed by atoms with Gasteiger partial charge in [-0.05, 0) is 32.0 Å². The number of halogens is 1. The Morgan fingerprint density at radius 1 is 1.15 bits per heavy atom. The monoisotopic (exact) mass is 386 g/mol. The van der Waals surface area contributed by atoms with Crippen LogP contribution in [0.25, 0.3) is 11.0 Å². The molecular weight excluding hydrogens is 368 g/mol. The lowest BCUT2D eigenvalue weighted by molar-refractivity contribution is 0.0285. The predicted molar refractivity (Wildman–Crippen MR) is 102 cm³/mol. The second-order valence-electron chi connectivity index (χ2n) is 5.97. The van der Waals surface area contributed by atoms with E-state index in [-0.39, 0.29) is 18.2 Å². The second-order valence-corrected chi connectivity index (χ2v) is 6.40. The van der Waals surface area contributed by atoms with Crippen LogP contribution in [-0.4, -0.2) is 24.5 Å². The molecular formula is C21H19ClO5. The van der Waals surface area contributed by atoms with Gasteiger partial charge in [0.25, 0.3) is 0 Å². The van der Waals surface area contributed by atoms with Crippen LogP contribution < -0.4 is 0 Å². The Morgan fingerprint density at radius 2 is 1.93 bits per heavy atom. The van der Waals surface area contributed by atoms with E-state index in [0.717, 1.165) is 5.39 Å². The van der Waals surface area contributed by atoms with Crippen molar-refractivity contribution in [1.29, 1.82) is 0 Å². The first kappa shape index (κ1) is 19.1. The third-order valence-corrected chi connectivity index (χ3v) is 4.33. The molecule has 0 aliphatic carbocycles. The highest BCUT2D eigenvalue weighted by Gasteiger charge is 2.26. The molecule has 5 nitrogen and oxygen atoms in total. The van der Waals surface area contributed by atoms with Crippen LogP contribution in [0.4, 0.5) is 0 Å². The number of esters is 1. The minimum atomic E-state index is -0.982. The van der Waals surface area contributed by atoms with Gasteiger partial charge in [-0.1, -0.05) is 41.9 Å². The van der Waals surface area contributed by atoms with Gasteiger partial charge in [0.2, 0.25) is 11.5 Å². The molecule has 0 saturated heterocycles. The normalized spacial score (nSPS) is 12.1. The lowest BCUT2D eigenvalue weighted by Crippen LogP contribution is -2.24. The SMILES string of the molecule is CCOCc1c(C(=O)OC(C)C(=O)c2cccc(Cl)c2)oc2ccccc12. The minimum absolute atomic E-state index is 0.0513. The van der Waals surface area contributed by atoms with Gasteiger partial charge >= 0.3 is 5.97 Å². The summed E-state index contributed by atoms with van der Waals surface area (Å²) >= 11 is 5.92. The van der Waals surface area contributed by atoms with Gasteiger partial charge in [-0.15, -0.1) is 0 Å². The third kappa shape index (κ3) is 4.21. The quantitative estimate of drug-likeness (QED) is 0.420. The zero-order valence-corrected chi connectivity index (χ0v) is 15.8. The van der Waals surface area contributed by atoms with E-state index >= 15 is 0 Å². The van der Waals surface area contributed by atoms with Crippen molar-refractivity contribution < 1.29 is 23.5 Å². The van der Waals surface area contributed by atoms with Crippen molar-refractivity contribution in [3.63, 3.8) is 0 Å². The van der Waals surface area contributed by atoms with E-state index in [9.17, 15) is 9.59 Å². The zero-order chi connectivity index (χ0) is 19.4. The maximum Gasteiger partial charge on any atom is 0.375 e. The molecule has 0 N–H and O–H groups in total. The molecule has 2 aromatic carbocycles. The Labute approximate surface area is 161 Å². The molecule has 27 heavy (non-hydrogen) atoms. The van der Waals surface area contributed by atoms with E-state index in [4.69, 9.17) is 25.5 Å². The van der Waals surface area contributed by atoms with Gasteiger partial charge in [0.1, 0.15) is 5.58 Å². The summed E-state index contributed by atoms with van der Waals surface area (Å²) in [6, 6.07) is 13.8. The molecule has 0 spiro atoms. The van der Waals surface area contributed by atoms with Crippen LogP contribution >= 0.6 is 11.6 Å². The fourth-order valence-corrected chi connectivity index (χ4v) is 2.95. The topological polar surface area (TPSA) is 65.7 Å². The molecule has 1 aromatic heterocycles. The van der Waals surface area contributed by atoms with Crippen molar-refractivity contribution in [2.45, 2.75) is 26.6 Å². The average molecular weight is 387 g/mol. The largest absolute Gasteiger partial charge is 0.449 e. The van der Waals surface area contributed by atoms with Gasteiger partial charge in [0.15, 0.2) is 6.10 Å². The van der Waals surface area contributed by atoms with Crippen molar-refractivity contribution in [3.8, 4) is 0 Å². The fourth-order valence-electron chi connectivity index (χ4n) is 2.76. The number of rotatable bonds is 7. The molecule has 0 bridgehead atoms. The number of fused-ring (bicyclic) bond motifs is 1. The van der Waals surface area contributed by atoms with Crippen molar-refractivity contribution in [3.05, 3.63) is 70.4 Å². The van der Waals surface area contributed by atoms with Crippen LogP contribution in [0.3, 0.4) is 0 Å². The molecule has 1 unspecified atom stereocenters. The standard InChI is InChI=1S/C21H19ClO5/c1-3-25-12-17-16-9-4-5-10-18(16)27-20(17)21(24)26-13(2)19(23)14-7-6-8-15(22)11-14/h4-11,13H,3,12H2,1-2H3. The summed E-state index contributed by atoms with van der Waals surface area (Å²) in [5, 5.41) is 1.22. The molecule has 3 aromatic rings. The van der Waals surface area contributed by atoms with Gasteiger partial charge in [0.05, 0.1) is 6.61 Å². The number of carbonyl (C=O) groups is 2. The summed E-state index contributed by atoms with van der Waals surface area (Å²) in [4.78, 5) is 25.2. The van der Waals surface area contributed by atoms with Crippen LogP contribution in [0.15, 0.2) is 52.9 Å². The van der Waals surface area contributed by atoms with E-state index in [1.807, 2.05) is 25.1 Å². The molecule has 140 valence electrons. The molecule has 1 heterocycles. The van der Waals surface area contributed by atoms with Crippen LogP contribution in [-0.2, 0) is 16.1 Å².